The predicted molar refractivity (Wildman–Crippen MR) is 70.5 cm³/mol. The molecule has 1 atom stereocenters. The van der Waals surface area contributed by atoms with E-state index in [0.717, 1.165) is 6.42 Å². The van der Waals surface area contributed by atoms with Gasteiger partial charge in [0.1, 0.15) is 0 Å². The molecule has 0 aromatic heterocycles. The molecule has 3 N–H and O–H groups in total. The molecule has 17 heavy (non-hydrogen) atoms. The highest BCUT2D eigenvalue weighted by Gasteiger charge is 2.16. The average Bonchev–Trinajstić information content (AvgIpc) is 2.35. The van der Waals surface area contributed by atoms with Crippen LogP contribution in [0.4, 0.5) is 0 Å². The summed E-state index contributed by atoms with van der Waals surface area (Å²) in [5.41, 5.74) is 8.22. The van der Waals surface area contributed by atoms with Gasteiger partial charge in [0.15, 0.2) is 0 Å². The lowest BCUT2D eigenvalue weighted by atomic mass is 10.0. The summed E-state index contributed by atoms with van der Waals surface area (Å²) in [6.07, 6.45) is 0.974. The lowest BCUT2D eigenvalue weighted by Crippen LogP contribution is -2.43. The number of amides is 1. The molecule has 1 rings (SSSR count). The number of hydrogen-bond acceptors (Lipinski definition) is 2. The second-order valence-corrected chi connectivity index (χ2v) is 4.61. The van der Waals surface area contributed by atoms with Gasteiger partial charge in [-0.2, -0.15) is 0 Å². The van der Waals surface area contributed by atoms with Crippen molar-refractivity contribution in [2.24, 2.45) is 11.7 Å². The van der Waals surface area contributed by atoms with Crippen LogP contribution < -0.4 is 11.1 Å². The maximum atomic E-state index is 11.7. The molecule has 1 unspecified atom stereocenters. The van der Waals surface area contributed by atoms with Gasteiger partial charge in [0, 0.05) is 6.54 Å². The first-order valence-electron chi connectivity index (χ1n) is 6.16. The Labute approximate surface area is 103 Å². The number of hydrogen-bond donors (Lipinski definition) is 2. The molecule has 0 heterocycles. The van der Waals surface area contributed by atoms with Crippen LogP contribution in [-0.4, -0.2) is 11.9 Å². The number of nitrogens with two attached hydrogens (primary N) is 1. The number of benzene rings is 1. The van der Waals surface area contributed by atoms with Gasteiger partial charge in [-0.3, -0.25) is 4.79 Å². The summed E-state index contributed by atoms with van der Waals surface area (Å²) in [6, 6.07) is 7.71. The molecule has 1 aromatic carbocycles. The molecule has 94 valence electrons. The molecule has 0 bridgehead atoms. The molecule has 0 saturated heterocycles. The third-order valence-corrected chi connectivity index (χ3v) is 2.97. The van der Waals surface area contributed by atoms with Crippen LogP contribution in [0.2, 0.25) is 0 Å². The third-order valence-electron chi connectivity index (χ3n) is 2.97. The third kappa shape index (κ3) is 3.86. The maximum absolute atomic E-state index is 11.7. The average molecular weight is 234 g/mol. The minimum Gasteiger partial charge on any atom is -0.351 e. The predicted octanol–water partition coefficient (Wildman–Crippen LogP) is 1.85. The van der Waals surface area contributed by atoms with Crippen molar-refractivity contribution in [3.8, 4) is 0 Å². The topological polar surface area (TPSA) is 55.1 Å². The lowest BCUT2D eigenvalue weighted by molar-refractivity contribution is -0.123. The molecular weight excluding hydrogens is 212 g/mol. The normalized spacial score (nSPS) is 12.5. The van der Waals surface area contributed by atoms with Gasteiger partial charge in [-0.25, -0.2) is 0 Å². The summed E-state index contributed by atoms with van der Waals surface area (Å²) in [4.78, 5) is 11.7. The molecular formula is C14H22N2O. The van der Waals surface area contributed by atoms with E-state index in [1.165, 1.54) is 11.1 Å². The molecule has 1 aromatic rings. The SMILES string of the molecule is CCc1ccccc1CNC(=O)C(N)C(C)C. The van der Waals surface area contributed by atoms with Crippen molar-refractivity contribution in [1.82, 2.24) is 5.32 Å². The van der Waals surface area contributed by atoms with Gasteiger partial charge >= 0.3 is 0 Å². The zero-order valence-electron chi connectivity index (χ0n) is 10.9. The second-order valence-electron chi connectivity index (χ2n) is 4.61. The first-order valence-corrected chi connectivity index (χ1v) is 6.16. The lowest BCUT2D eigenvalue weighted by Gasteiger charge is -2.16. The monoisotopic (exact) mass is 234 g/mol. The number of carbonyl (C=O) groups excluding carboxylic acids is 1. The maximum Gasteiger partial charge on any atom is 0.237 e. The zero-order valence-corrected chi connectivity index (χ0v) is 10.9. The highest BCUT2D eigenvalue weighted by atomic mass is 16.2. The Balaban J connectivity index is 2.58. The minimum absolute atomic E-state index is 0.0779. The van der Waals surface area contributed by atoms with Gasteiger partial charge in [0.2, 0.25) is 5.91 Å². The van der Waals surface area contributed by atoms with E-state index in [0.29, 0.717) is 6.54 Å². The van der Waals surface area contributed by atoms with E-state index in [-0.39, 0.29) is 11.8 Å². The Hall–Kier alpha value is -1.35. The molecule has 0 aliphatic carbocycles. The Morgan fingerprint density at radius 2 is 1.88 bits per heavy atom. The van der Waals surface area contributed by atoms with Crippen LogP contribution in [0.3, 0.4) is 0 Å². The first-order chi connectivity index (χ1) is 8.06. The number of aryl methyl sites for hydroxylation is 1. The van der Waals surface area contributed by atoms with E-state index in [2.05, 4.69) is 18.3 Å². The standard InChI is InChI=1S/C14H22N2O/c1-4-11-7-5-6-8-12(11)9-16-14(17)13(15)10(2)3/h5-8,10,13H,4,9,15H2,1-3H3,(H,16,17). The van der Waals surface area contributed by atoms with Crippen molar-refractivity contribution in [2.45, 2.75) is 39.8 Å². The number of nitrogens with one attached hydrogen (secondary N) is 1. The smallest absolute Gasteiger partial charge is 0.237 e. The molecule has 3 nitrogen and oxygen atoms in total. The minimum atomic E-state index is -0.427. The molecule has 0 aliphatic heterocycles. The van der Waals surface area contributed by atoms with Gasteiger partial charge in [0.25, 0.3) is 0 Å². The van der Waals surface area contributed by atoms with Crippen molar-refractivity contribution < 1.29 is 4.79 Å². The van der Waals surface area contributed by atoms with Crippen molar-refractivity contribution in [1.29, 1.82) is 0 Å². The van der Waals surface area contributed by atoms with E-state index in [4.69, 9.17) is 5.73 Å². The van der Waals surface area contributed by atoms with E-state index >= 15 is 0 Å². The first kappa shape index (κ1) is 13.7. The van der Waals surface area contributed by atoms with Gasteiger partial charge < -0.3 is 11.1 Å². The van der Waals surface area contributed by atoms with Gasteiger partial charge in [-0.05, 0) is 23.5 Å². The Kier molecular flexibility index (Phi) is 5.16. The van der Waals surface area contributed by atoms with E-state index in [9.17, 15) is 4.79 Å². The van der Waals surface area contributed by atoms with Crippen LogP contribution in [0, 0.1) is 5.92 Å². The summed E-state index contributed by atoms with van der Waals surface area (Å²) in [7, 11) is 0. The molecule has 0 radical (unpaired) electrons. The van der Waals surface area contributed by atoms with E-state index in [1.54, 1.807) is 0 Å². The molecule has 1 amide bonds. The van der Waals surface area contributed by atoms with Crippen molar-refractivity contribution in [3.63, 3.8) is 0 Å². The summed E-state index contributed by atoms with van der Waals surface area (Å²) in [5.74, 6) is 0.0855. The van der Waals surface area contributed by atoms with Crippen LogP contribution >= 0.6 is 0 Å². The summed E-state index contributed by atoms with van der Waals surface area (Å²) in [6.45, 7) is 6.57. The fraction of sp³-hybridized carbons (Fsp3) is 0.500. The fourth-order valence-electron chi connectivity index (χ4n) is 1.68. The van der Waals surface area contributed by atoms with Crippen LogP contribution in [0.5, 0.6) is 0 Å². The molecule has 0 spiro atoms. The Morgan fingerprint density at radius 3 is 2.41 bits per heavy atom. The van der Waals surface area contributed by atoms with Crippen LogP contribution in [0.25, 0.3) is 0 Å². The summed E-state index contributed by atoms with van der Waals surface area (Å²) >= 11 is 0. The molecule has 0 aliphatic rings. The Morgan fingerprint density at radius 1 is 1.29 bits per heavy atom. The highest BCUT2D eigenvalue weighted by Crippen LogP contribution is 2.09. The van der Waals surface area contributed by atoms with E-state index in [1.807, 2.05) is 32.0 Å². The van der Waals surface area contributed by atoms with Crippen LogP contribution in [0.1, 0.15) is 31.9 Å². The zero-order chi connectivity index (χ0) is 12.8. The number of rotatable bonds is 5. The fourth-order valence-corrected chi connectivity index (χ4v) is 1.68. The highest BCUT2D eigenvalue weighted by molar-refractivity contribution is 5.81. The van der Waals surface area contributed by atoms with Crippen LogP contribution in [0.15, 0.2) is 24.3 Å². The molecule has 0 fully saturated rings. The van der Waals surface area contributed by atoms with Crippen molar-refractivity contribution in [2.75, 3.05) is 0 Å². The quantitative estimate of drug-likeness (QED) is 0.817. The molecule has 3 heteroatoms. The van der Waals surface area contributed by atoms with Crippen molar-refractivity contribution >= 4 is 5.91 Å². The Bertz CT molecular complexity index is 374. The number of carbonyl (C=O) groups is 1. The summed E-state index contributed by atoms with van der Waals surface area (Å²) < 4.78 is 0. The molecule has 0 saturated carbocycles. The van der Waals surface area contributed by atoms with E-state index < -0.39 is 6.04 Å². The van der Waals surface area contributed by atoms with Gasteiger partial charge in [0.05, 0.1) is 6.04 Å². The van der Waals surface area contributed by atoms with Gasteiger partial charge in [-0.1, -0.05) is 45.0 Å². The van der Waals surface area contributed by atoms with Crippen LogP contribution in [-0.2, 0) is 17.8 Å². The largest absolute Gasteiger partial charge is 0.351 e. The van der Waals surface area contributed by atoms with Gasteiger partial charge in [-0.15, -0.1) is 0 Å². The van der Waals surface area contributed by atoms with Crippen molar-refractivity contribution in [3.05, 3.63) is 35.4 Å². The summed E-state index contributed by atoms with van der Waals surface area (Å²) in [5, 5.41) is 2.89. The second kappa shape index (κ2) is 6.40.